The second kappa shape index (κ2) is 6.99. The number of halogens is 1. The van der Waals surface area contributed by atoms with Crippen LogP contribution in [-0.2, 0) is 6.42 Å². The molecule has 3 nitrogen and oxygen atoms in total. The van der Waals surface area contributed by atoms with Gasteiger partial charge in [0.05, 0.1) is 19.3 Å². The molecule has 0 aliphatic heterocycles. The van der Waals surface area contributed by atoms with Gasteiger partial charge < -0.3 is 14.9 Å². The number of aliphatic hydroxyl groups excluding tert-OH is 2. The number of ether oxygens (including phenoxy) is 1. The molecule has 0 aliphatic rings. The zero-order chi connectivity index (χ0) is 12.8. The first-order valence-electron chi connectivity index (χ1n) is 5.77. The molecule has 0 aromatic heterocycles. The molecule has 17 heavy (non-hydrogen) atoms. The smallest absolute Gasteiger partial charge is 0.122 e. The fourth-order valence-corrected chi connectivity index (χ4v) is 2.12. The Morgan fingerprint density at radius 1 is 1.29 bits per heavy atom. The number of benzene rings is 1. The van der Waals surface area contributed by atoms with Crippen molar-refractivity contribution in [3.05, 3.63) is 28.2 Å². The molecule has 0 heterocycles. The second-order valence-electron chi connectivity index (χ2n) is 4.04. The molecule has 96 valence electrons. The molecule has 0 saturated carbocycles. The van der Waals surface area contributed by atoms with Gasteiger partial charge in [-0.05, 0) is 43.0 Å². The minimum absolute atomic E-state index is 0.530. The zero-order valence-corrected chi connectivity index (χ0v) is 11.8. The van der Waals surface area contributed by atoms with Crippen LogP contribution in [0.1, 0.15) is 25.3 Å². The SMILES string of the molecule is CCC(O)C(O)CCc1cc(Br)ccc1OC. The Morgan fingerprint density at radius 2 is 2.00 bits per heavy atom. The molecule has 0 amide bonds. The molecule has 0 saturated heterocycles. The molecule has 0 spiro atoms. The molecule has 0 fully saturated rings. The van der Waals surface area contributed by atoms with E-state index in [2.05, 4.69) is 15.9 Å². The van der Waals surface area contributed by atoms with Gasteiger partial charge in [-0.1, -0.05) is 22.9 Å². The van der Waals surface area contributed by atoms with Gasteiger partial charge in [0.2, 0.25) is 0 Å². The van der Waals surface area contributed by atoms with Gasteiger partial charge in [-0.3, -0.25) is 0 Å². The van der Waals surface area contributed by atoms with Crippen molar-refractivity contribution < 1.29 is 14.9 Å². The highest BCUT2D eigenvalue weighted by molar-refractivity contribution is 9.10. The summed E-state index contributed by atoms with van der Waals surface area (Å²) >= 11 is 3.41. The van der Waals surface area contributed by atoms with E-state index in [9.17, 15) is 10.2 Å². The van der Waals surface area contributed by atoms with Crippen LogP contribution in [0.25, 0.3) is 0 Å². The third-order valence-corrected chi connectivity index (χ3v) is 3.31. The van der Waals surface area contributed by atoms with E-state index in [1.165, 1.54) is 0 Å². The summed E-state index contributed by atoms with van der Waals surface area (Å²) in [5.74, 6) is 0.811. The lowest BCUT2D eigenvalue weighted by Gasteiger charge is -2.16. The van der Waals surface area contributed by atoms with E-state index in [4.69, 9.17) is 4.74 Å². The maximum absolute atomic E-state index is 9.71. The predicted molar refractivity (Wildman–Crippen MR) is 71.3 cm³/mol. The Hall–Kier alpha value is -0.580. The Morgan fingerprint density at radius 3 is 2.59 bits per heavy atom. The highest BCUT2D eigenvalue weighted by Gasteiger charge is 2.15. The summed E-state index contributed by atoms with van der Waals surface area (Å²) in [5, 5.41) is 19.2. The lowest BCUT2D eigenvalue weighted by Crippen LogP contribution is -2.25. The molecule has 0 aliphatic carbocycles. The molecule has 4 heteroatoms. The molecule has 2 unspecified atom stereocenters. The van der Waals surface area contributed by atoms with Gasteiger partial charge in [0.1, 0.15) is 5.75 Å². The summed E-state index contributed by atoms with van der Waals surface area (Å²) in [6, 6.07) is 5.78. The van der Waals surface area contributed by atoms with Gasteiger partial charge in [-0.15, -0.1) is 0 Å². The van der Waals surface area contributed by atoms with E-state index in [0.717, 1.165) is 15.8 Å². The van der Waals surface area contributed by atoms with Crippen molar-refractivity contribution in [3.63, 3.8) is 0 Å². The summed E-state index contributed by atoms with van der Waals surface area (Å²) in [7, 11) is 1.63. The number of hydrogen-bond donors (Lipinski definition) is 2. The fourth-order valence-electron chi connectivity index (χ4n) is 1.71. The molecular weight excluding hydrogens is 284 g/mol. The van der Waals surface area contributed by atoms with Gasteiger partial charge in [0, 0.05) is 4.47 Å². The summed E-state index contributed by atoms with van der Waals surface area (Å²) in [4.78, 5) is 0. The average molecular weight is 303 g/mol. The maximum atomic E-state index is 9.71. The number of methoxy groups -OCH3 is 1. The van der Waals surface area contributed by atoms with Gasteiger partial charge in [-0.25, -0.2) is 0 Å². The summed E-state index contributed by atoms with van der Waals surface area (Å²) in [6.45, 7) is 1.85. The van der Waals surface area contributed by atoms with Crippen LogP contribution in [0.4, 0.5) is 0 Å². The van der Waals surface area contributed by atoms with Crippen LogP contribution in [0.3, 0.4) is 0 Å². The molecule has 2 N–H and O–H groups in total. The molecular formula is C13H19BrO3. The number of rotatable bonds is 6. The van der Waals surface area contributed by atoms with E-state index in [1.807, 2.05) is 25.1 Å². The van der Waals surface area contributed by atoms with Crippen molar-refractivity contribution >= 4 is 15.9 Å². The minimum Gasteiger partial charge on any atom is -0.496 e. The Labute approximate surface area is 111 Å². The van der Waals surface area contributed by atoms with Gasteiger partial charge in [-0.2, -0.15) is 0 Å². The highest BCUT2D eigenvalue weighted by Crippen LogP contribution is 2.24. The van der Waals surface area contributed by atoms with Gasteiger partial charge >= 0.3 is 0 Å². The molecule has 1 rings (SSSR count). The molecule has 1 aromatic rings. The Bertz CT molecular complexity index is 355. The quantitative estimate of drug-likeness (QED) is 0.849. The maximum Gasteiger partial charge on any atom is 0.122 e. The predicted octanol–water partition coefficient (Wildman–Crippen LogP) is 2.52. The standard InChI is InChI=1S/C13H19BrO3/c1-3-11(15)12(16)6-4-9-8-10(14)5-7-13(9)17-2/h5,7-8,11-12,15-16H,3-4,6H2,1-2H3. The lowest BCUT2D eigenvalue weighted by molar-refractivity contribution is 0.0130. The highest BCUT2D eigenvalue weighted by atomic mass is 79.9. The van der Waals surface area contributed by atoms with Crippen LogP contribution in [0.2, 0.25) is 0 Å². The second-order valence-corrected chi connectivity index (χ2v) is 4.95. The van der Waals surface area contributed by atoms with E-state index in [1.54, 1.807) is 7.11 Å². The van der Waals surface area contributed by atoms with Crippen molar-refractivity contribution in [1.82, 2.24) is 0 Å². The Kier molecular flexibility index (Phi) is 5.95. The average Bonchev–Trinajstić information content (AvgIpc) is 2.35. The number of aliphatic hydroxyl groups is 2. The van der Waals surface area contributed by atoms with Crippen LogP contribution < -0.4 is 4.74 Å². The summed E-state index contributed by atoms with van der Waals surface area (Å²) in [5.41, 5.74) is 1.03. The van der Waals surface area contributed by atoms with Crippen LogP contribution in [-0.4, -0.2) is 29.5 Å². The normalized spacial score (nSPS) is 14.4. The van der Waals surface area contributed by atoms with Crippen LogP contribution >= 0.6 is 15.9 Å². The first-order valence-corrected chi connectivity index (χ1v) is 6.56. The molecule has 0 bridgehead atoms. The van der Waals surface area contributed by atoms with Gasteiger partial charge in [0.15, 0.2) is 0 Å². The van der Waals surface area contributed by atoms with Crippen molar-refractivity contribution in [2.75, 3.05) is 7.11 Å². The first kappa shape index (κ1) is 14.5. The third kappa shape index (κ3) is 4.30. The minimum atomic E-state index is -0.677. The first-order chi connectivity index (χ1) is 8.08. The molecule has 2 atom stereocenters. The lowest BCUT2D eigenvalue weighted by atomic mass is 10.0. The van der Waals surface area contributed by atoms with Crippen molar-refractivity contribution in [2.45, 2.75) is 38.4 Å². The summed E-state index contributed by atoms with van der Waals surface area (Å²) in [6.07, 6.45) is 0.455. The van der Waals surface area contributed by atoms with E-state index >= 15 is 0 Å². The number of aryl methyl sites for hydroxylation is 1. The van der Waals surface area contributed by atoms with Crippen molar-refractivity contribution in [1.29, 1.82) is 0 Å². The monoisotopic (exact) mass is 302 g/mol. The van der Waals surface area contributed by atoms with Crippen LogP contribution in [0.15, 0.2) is 22.7 Å². The van der Waals surface area contributed by atoms with E-state index < -0.39 is 12.2 Å². The van der Waals surface area contributed by atoms with Crippen molar-refractivity contribution in [3.8, 4) is 5.75 Å². The largest absolute Gasteiger partial charge is 0.496 e. The Balaban J connectivity index is 2.65. The van der Waals surface area contributed by atoms with Gasteiger partial charge in [0.25, 0.3) is 0 Å². The zero-order valence-electron chi connectivity index (χ0n) is 10.2. The van der Waals surface area contributed by atoms with Crippen LogP contribution in [0, 0.1) is 0 Å². The summed E-state index contributed by atoms with van der Waals surface area (Å²) < 4.78 is 6.24. The molecule has 1 aromatic carbocycles. The van der Waals surface area contributed by atoms with Crippen LogP contribution in [0.5, 0.6) is 5.75 Å². The third-order valence-electron chi connectivity index (χ3n) is 2.81. The number of hydrogen-bond acceptors (Lipinski definition) is 3. The molecule has 0 radical (unpaired) electrons. The van der Waals surface area contributed by atoms with E-state index in [-0.39, 0.29) is 0 Å². The topological polar surface area (TPSA) is 49.7 Å². The fraction of sp³-hybridized carbons (Fsp3) is 0.538. The van der Waals surface area contributed by atoms with Crippen molar-refractivity contribution in [2.24, 2.45) is 0 Å². The van der Waals surface area contributed by atoms with E-state index in [0.29, 0.717) is 19.3 Å².